The van der Waals surface area contributed by atoms with Crippen LogP contribution in [0.5, 0.6) is 0 Å². The molecule has 0 spiro atoms. The number of rotatable bonds is 2. The first kappa shape index (κ1) is 12.6. The fraction of sp³-hybridized carbons (Fsp3) is 0.286. The van der Waals surface area contributed by atoms with Crippen LogP contribution < -0.4 is 5.73 Å². The molecule has 0 aliphatic heterocycles. The average molecular weight is 245 g/mol. The molecule has 0 unspecified atom stereocenters. The van der Waals surface area contributed by atoms with Gasteiger partial charge in [-0.1, -0.05) is 0 Å². The van der Waals surface area contributed by atoms with Crippen LogP contribution in [0.15, 0.2) is 18.2 Å². The third-order valence-corrected chi connectivity index (χ3v) is 3.04. The summed E-state index contributed by atoms with van der Waals surface area (Å²) in [6.07, 6.45) is 0. The van der Waals surface area contributed by atoms with Gasteiger partial charge in [-0.25, -0.2) is 14.4 Å². The zero-order valence-corrected chi connectivity index (χ0v) is 10.8. The topological polar surface area (TPSA) is 51.8 Å². The maximum atomic E-state index is 13.2. The monoisotopic (exact) mass is 245 g/mol. The number of nitrogens with zero attached hydrogens (tertiary/aromatic N) is 2. The summed E-state index contributed by atoms with van der Waals surface area (Å²) in [4.78, 5) is 8.86. The highest BCUT2D eigenvalue weighted by Crippen LogP contribution is 2.20. The number of hydrogen-bond acceptors (Lipinski definition) is 3. The molecule has 3 nitrogen and oxygen atoms in total. The van der Waals surface area contributed by atoms with Crippen molar-refractivity contribution in [2.24, 2.45) is 5.73 Å². The Labute approximate surface area is 106 Å². The Morgan fingerprint density at radius 1 is 1.11 bits per heavy atom. The van der Waals surface area contributed by atoms with Crippen molar-refractivity contribution in [2.45, 2.75) is 27.3 Å². The fourth-order valence-electron chi connectivity index (χ4n) is 1.95. The number of hydrogen-bond donors (Lipinski definition) is 1. The molecule has 0 amide bonds. The van der Waals surface area contributed by atoms with E-state index in [0.717, 1.165) is 22.5 Å². The molecule has 94 valence electrons. The maximum Gasteiger partial charge on any atom is 0.159 e. The van der Waals surface area contributed by atoms with E-state index in [4.69, 9.17) is 5.73 Å². The molecule has 1 heterocycles. The number of aryl methyl sites for hydroxylation is 3. The van der Waals surface area contributed by atoms with Crippen LogP contribution in [0.3, 0.4) is 0 Å². The standard InChI is InChI=1S/C14H16FN3/c1-8-6-11(4-5-13(8)15)14-17-9(2)12(7-16)10(3)18-14/h4-6H,7,16H2,1-3H3. The summed E-state index contributed by atoms with van der Waals surface area (Å²) in [6.45, 7) is 5.99. The minimum absolute atomic E-state index is 0.217. The lowest BCUT2D eigenvalue weighted by Crippen LogP contribution is -2.07. The van der Waals surface area contributed by atoms with Gasteiger partial charge in [0.1, 0.15) is 5.82 Å². The summed E-state index contributed by atoms with van der Waals surface area (Å²) >= 11 is 0. The van der Waals surface area contributed by atoms with Crippen molar-refractivity contribution in [1.82, 2.24) is 9.97 Å². The van der Waals surface area contributed by atoms with E-state index in [2.05, 4.69) is 9.97 Å². The van der Waals surface area contributed by atoms with Gasteiger partial charge in [0.15, 0.2) is 5.82 Å². The maximum absolute atomic E-state index is 13.2. The van der Waals surface area contributed by atoms with Crippen molar-refractivity contribution in [1.29, 1.82) is 0 Å². The van der Waals surface area contributed by atoms with Crippen LogP contribution in [0, 0.1) is 26.6 Å². The second-order valence-corrected chi connectivity index (χ2v) is 4.36. The largest absolute Gasteiger partial charge is 0.326 e. The number of nitrogens with two attached hydrogens (primary N) is 1. The third-order valence-electron chi connectivity index (χ3n) is 3.04. The predicted molar refractivity (Wildman–Crippen MR) is 69.5 cm³/mol. The molecule has 2 rings (SSSR count). The first-order valence-electron chi connectivity index (χ1n) is 5.83. The van der Waals surface area contributed by atoms with Crippen LogP contribution in [-0.2, 0) is 6.54 Å². The summed E-state index contributed by atoms with van der Waals surface area (Å²) in [5.74, 6) is 0.399. The third kappa shape index (κ3) is 2.24. The van der Waals surface area contributed by atoms with E-state index < -0.39 is 0 Å². The van der Waals surface area contributed by atoms with E-state index >= 15 is 0 Å². The van der Waals surface area contributed by atoms with Gasteiger partial charge in [0.25, 0.3) is 0 Å². The van der Waals surface area contributed by atoms with Gasteiger partial charge in [-0.15, -0.1) is 0 Å². The molecular formula is C14H16FN3. The second kappa shape index (κ2) is 4.82. The van der Waals surface area contributed by atoms with Crippen molar-refractivity contribution in [3.05, 3.63) is 46.5 Å². The molecule has 0 aliphatic rings. The Balaban J connectivity index is 2.54. The minimum atomic E-state index is -0.217. The molecular weight excluding hydrogens is 229 g/mol. The normalized spacial score (nSPS) is 10.7. The van der Waals surface area contributed by atoms with Crippen LogP contribution >= 0.6 is 0 Å². The van der Waals surface area contributed by atoms with Crippen LogP contribution in [0.4, 0.5) is 4.39 Å². The Kier molecular flexibility index (Phi) is 3.39. The molecule has 1 aromatic carbocycles. The van der Waals surface area contributed by atoms with Crippen molar-refractivity contribution in [2.75, 3.05) is 0 Å². The number of halogens is 1. The Bertz CT molecular complexity index is 571. The summed E-state index contributed by atoms with van der Waals surface area (Å²) in [5, 5.41) is 0. The molecule has 0 fully saturated rings. The van der Waals surface area contributed by atoms with Gasteiger partial charge in [0, 0.05) is 29.1 Å². The van der Waals surface area contributed by atoms with Gasteiger partial charge < -0.3 is 5.73 Å². The zero-order valence-electron chi connectivity index (χ0n) is 10.8. The van der Waals surface area contributed by atoms with Gasteiger partial charge in [-0.3, -0.25) is 0 Å². The van der Waals surface area contributed by atoms with Crippen molar-refractivity contribution < 1.29 is 4.39 Å². The highest BCUT2D eigenvalue weighted by atomic mass is 19.1. The molecule has 1 aromatic heterocycles. The van der Waals surface area contributed by atoms with E-state index in [-0.39, 0.29) is 5.82 Å². The molecule has 0 saturated carbocycles. The van der Waals surface area contributed by atoms with Crippen molar-refractivity contribution in [3.63, 3.8) is 0 Å². The van der Waals surface area contributed by atoms with E-state index in [0.29, 0.717) is 17.9 Å². The Morgan fingerprint density at radius 3 is 2.22 bits per heavy atom. The number of benzene rings is 1. The summed E-state index contributed by atoms with van der Waals surface area (Å²) in [5.41, 5.74) is 9.79. The van der Waals surface area contributed by atoms with E-state index in [1.807, 2.05) is 13.8 Å². The lowest BCUT2D eigenvalue weighted by Gasteiger charge is -2.09. The molecule has 2 aromatic rings. The van der Waals surface area contributed by atoms with Crippen LogP contribution in [0.1, 0.15) is 22.5 Å². The van der Waals surface area contributed by atoms with Gasteiger partial charge in [-0.05, 0) is 44.5 Å². The van der Waals surface area contributed by atoms with Crippen LogP contribution in [-0.4, -0.2) is 9.97 Å². The summed E-state index contributed by atoms with van der Waals surface area (Å²) < 4.78 is 13.2. The lowest BCUT2D eigenvalue weighted by molar-refractivity contribution is 0.618. The molecule has 2 N–H and O–H groups in total. The minimum Gasteiger partial charge on any atom is -0.326 e. The quantitative estimate of drug-likeness (QED) is 0.885. The van der Waals surface area contributed by atoms with Crippen LogP contribution in [0.2, 0.25) is 0 Å². The Hall–Kier alpha value is -1.81. The molecule has 18 heavy (non-hydrogen) atoms. The number of aromatic nitrogens is 2. The highest BCUT2D eigenvalue weighted by molar-refractivity contribution is 5.57. The first-order chi connectivity index (χ1) is 8.52. The average Bonchev–Trinajstić information content (AvgIpc) is 2.32. The summed E-state index contributed by atoms with van der Waals surface area (Å²) in [7, 11) is 0. The van der Waals surface area contributed by atoms with E-state index in [1.165, 1.54) is 6.07 Å². The van der Waals surface area contributed by atoms with Crippen molar-refractivity contribution in [3.8, 4) is 11.4 Å². The predicted octanol–water partition coefficient (Wildman–Crippen LogP) is 2.67. The van der Waals surface area contributed by atoms with E-state index in [1.54, 1.807) is 19.1 Å². The SMILES string of the molecule is Cc1cc(-c2nc(C)c(CN)c(C)n2)ccc1F. The smallest absolute Gasteiger partial charge is 0.159 e. The van der Waals surface area contributed by atoms with Gasteiger partial charge in [0.05, 0.1) is 0 Å². The molecule has 0 aliphatic carbocycles. The molecule has 4 heteroatoms. The zero-order chi connectivity index (χ0) is 13.3. The molecule has 0 radical (unpaired) electrons. The lowest BCUT2D eigenvalue weighted by atomic mass is 10.1. The van der Waals surface area contributed by atoms with E-state index in [9.17, 15) is 4.39 Å². The Morgan fingerprint density at radius 2 is 1.72 bits per heavy atom. The molecule has 0 saturated heterocycles. The molecule has 0 bridgehead atoms. The van der Waals surface area contributed by atoms with Gasteiger partial charge in [0.2, 0.25) is 0 Å². The highest BCUT2D eigenvalue weighted by Gasteiger charge is 2.09. The second-order valence-electron chi connectivity index (χ2n) is 4.36. The van der Waals surface area contributed by atoms with Gasteiger partial charge in [-0.2, -0.15) is 0 Å². The van der Waals surface area contributed by atoms with Gasteiger partial charge >= 0.3 is 0 Å². The van der Waals surface area contributed by atoms with Crippen LogP contribution in [0.25, 0.3) is 11.4 Å². The molecule has 0 atom stereocenters. The fourth-order valence-corrected chi connectivity index (χ4v) is 1.95. The first-order valence-corrected chi connectivity index (χ1v) is 5.83. The summed E-state index contributed by atoms with van der Waals surface area (Å²) in [6, 6.07) is 4.89. The van der Waals surface area contributed by atoms with Crippen molar-refractivity contribution >= 4 is 0 Å².